The predicted octanol–water partition coefficient (Wildman–Crippen LogP) is 3.86. The van der Waals surface area contributed by atoms with Crippen molar-refractivity contribution in [2.75, 3.05) is 5.43 Å². The molecule has 136 valence electrons. The zero-order chi connectivity index (χ0) is 19.0. The Hall–Kier alpha value is -3.19. The Bertz CT molecular complexity index is 1250. The van der Waals surface area contributed by atoms with E-state index in [4.69, 9.17) is 4.42 Å². The first-order valence-corrected chi connectivity index (χ1v) is 9.42. The lowest BCUT2D eigenvalue weighted by Gasteiger charge is -2.09. The number of rotatable bonds is 4. The van der Waals surface area contributed by atoms with E-state index in [0.29, 0.717) is 22.5 Å². The molecule has 0 bridgehead atoms. The molecule has 1 amide bonds. The highest BCUT2D eigenvalue weighted by molar-refractivity contribution is 7.16. The molecule has 0 aliphatic rings. The molecule has 27 heavy (non-hydrogen) atoms. The summed E-state index contributed by atoms with van der Waals surface area (Å²) < 4.78 is 7.01. The monoisotopic (exact) mass is 379 g/mol. The quantitative estimate of drug-likeness (QED) is 0.546. The molecule has 0 atom stereocenters. The van der Waals surface area contributed by atoms with E-state index in [2.05, 4.69) is 10.4 Å². The average Bonchev–Trinajstić information content (AvgIpc) is 3.27. The molecule has 1 N–H and O–H groups in total. The van der Waals surface area contributed by atoms with Crippen molar-refractivity contribution in [3.63, 3.8) is 0 Å². The van der Waals surface area contributed by atoms with Gasteiger partial charge in [0.1, 0.15) is 22.0 Å². The number of furan rings is 1. The van der Waals surface area contributed by atoms with E-state index in [-0.39, 0.29) is 5.56 Å². The predicted molar refractivity (Wildman–Crippen MR) is 108 cm³/mol. The van der Waals surface area contributed by atoms with E-state index in [9.17, 15) is 9.59 Å². The third-order valence-corrected chi connectivity index (χ3v) is 5.13. The van der Waals surface area contributed by atoms with Gasteiger partial charge in [-0.05, 0) is 30.5 Å². The first-order chi connectivity index (χ1) is 13.1. The molecule has 4 rings (SSSR count). The summed E-state index contributed by atoms with van der Waals surface area (Å²) in [7, 11) is 0. The van der Waals surface area contributed by atoms with Crippen LogP contribution >= 0.6 is 11.3 Å². The minimum Gasteiger partial charge on any atom is -0.460 e. The van der Waals surface area contributed by atoms with Crippen LogP contribution in [0.25, 0.3) is 27.3 Å². The molecule has 0 spiro atoms. The number of nitrogens with zero attached hydrogens (tertiary/aromatic N) is 2. The largest absolute Gasteiger partial charge is 0.460 e. The van der Waals surface area contributed by atoms with Gasteiger partial charge in [-0.3, -0.25) is 15.0 Å². The number of carbonyl (C=O) groups is 1. The van der Waals surface area contributed by atoms with Gasteiger partial charge in [0, 0.05) is 23.4 Å². The third kappa shape index (κ3) is 3.06. The Morgan fingerprint density at radius 3 is 2.93 bits per heavy atom. The van der Waals surface area contributed by atoms with Gasteiger partial charge < -0.3 is 4.42 Å². The summed E-state index contributed by atoms with van der Waals surface area (Å²) in [5.74, 6) is 0.832. The molecular formula is C20H17N3O3S. The lowest BCUT2D eigenvalue weighted by atomic mass is 10.1. The maximum atomic E-state index is 12.5. The number of hydrogen-bond acceptors (Lipinski definition) is 5. The van der Waals surface area contributed by atoms with Crippen LogP contribution in [0.2, 0.25) is 0 Å². The van der Waals surface area contributed by atoms with E-state index in [1.165, 1.54) is 22.1 Å². The number of hydrogen-bond donors (Lipinski definition) is 1. The lowest BCUT2D eigenvalue weighted by Crippen LogP contribution is -2.34. The summed E-state index contributed by atoms with van der Waals surface area (Å²) in [6.07, 6.45) is 3.84. The Balaban J connectivity index is 1.65. The smallest absolute Gasteiger partial charge is 0.281 e. The number of amides is 1. The highest BCUT2D eigenvalue weighted by Crippen LogP contribution is 2.27. The third-order valence-electron chi connectivity index (χ3n) is 4.32. The van der Waals surface area contributed by atoms with Gasteiger partial charge in [0.25, 0.3) is 11.5 Å². The Labute approximate surface area is 158 Å². The first kappa shape index (κ1) is 17.2. The normalized spacial score (nSPS) is 11.6. The number of para-hydroxylation sites is 1. The van der Waals surface area contributed by atoms with Gasteiger partial charge in [-0.2, -0.15) is 0 Å². The second kappa shape index (κ2) is 6.85. The van der Waals surface area contributed by atoms with Crippen molar-refractivity contribution in [1.82, 2.24) is 9.66 Å². The number of nitrogens with one attached hydrogen (secondary N) is 1. The second-order valence-electron chi connectivity index (χ2n) is 6.04. The fraction of sp³-hybridized carbons (Fsp3) is 0.150. The topological polar surface area (TPSA) is 77.1 Å². The van der Waals surface area contributed by atoms with E-state index in [0.717, 1.165) is 22.3 Å². The van der Waals surface area contributed by atoms with Crippen LogP contribution < -0.4 is 11.0 Å². The number of benzene rings is 1. The van der Waals surface area contributed by atoms with Crippen LogP contribution in [0.15, 0.2) is 51.0 Å². The molecular weight excluding hydrogens is 362 g/mol. The Morgan fingerprint density at radius 2 is 2.11 bits per heavy atom. The van der Waals surface area contributed by atoms with Crippen LogP contribution in [-0.4, -0.2) is 15.6 Å². The van der Waals surface area contributed by atoms with Crippen LogP contribution in [0, 0.1) is 6.92 Å². The summed E-state index contributed by atoms with van der Waals surface area (Å²) in [5, 5.41) is 3.25. The van der Waals surface area contributed by atoms with Crippen molar-refractivity contribution in [2.45, 2.75) is 20.3 Å². The second-order valence-corrected chi connectivity index (χ2v) is 6.93. The lowest BCUT2D eigenvalue weighted by molar-refractivity contribution is -0.112. The van der Waals surface area contributed by atoms with Crippen LogP contribution in [0.4, 0.5) is 0 Å². The standard InChI is InChI=1S/C20H17N3O3S/c1-3-16-14(13-6-4-5-7-17(13)26-16)8-9-18(24)22-23-12(2)21-19-15(20(23)25)10-11-27-19/h4-11H,3H2,1-2H3,(H,22,24). The minimum absolute atomic E-state index is 0.288. The molecule has 4 aromatic rings. The molecule has 6 nitrogen and oxygen atoms in total. The molecule has 0 saturated heterocycles. The zero-order valence-corrected chi connectivity index (χ0v) is 15.7. The molecule has 0 radical (unpaired) electrons. The minimum atomic E-state index is -0.413. The molecule has 0 aliphatic heterocycles. The van der Waals surface area contributed by atoms with Gasteiger partial charge in [0.15, 0.2) is 0 Å². The molecule has 3 heterocycles. The van der Waals surface area contributed by atoms with Crippen LogP contribution in [0.3, 0.4) is 0 Å². The fourth-order valence-electron chi connectivity index (χ4n) is 3.01. The van der Waals surface area contributed by atoms with Crippen LogP contribution in [0.5, 0.6) is 0 Å². The molecule has 1 aromatic carbocycles. The summed E-state index contributed by atoms with van der Waals surface area (Å²) >= 11 is 1.40. The van der Waals surface area contributed by atoms with Gasteiger partial charge in [-0.25, -0.2) is 9.66 Å². The van der Waals surface area contributed by atoms with E-state index in [1.807, 2.05) is 31.2 Å². The first-order valence-electron chi connectivity index (χ1n) is 8.55. The number of thiophene rings is 1. The highest BCUT2D eigenvalue weighted by atomic mass is 32.1. The van der Waals surface area contributed by atoms with E-state index in [1.54, 1.807) is 24.4 Å². The van der Waals surface area contributed by atoms with Crippen LogP contribution in [0.1, 0.15) is 24.1 Å². The SMILES string of the molecule is CCc1oc2ccccc2c1C=CC(=O)Nn1c(C)nc2sccc2c1=O. The van der Waals surface area contributed by atoms with Gasteiger partial charge in [0.05, 0.1) is 5.39 Å². The fourth-order valence-corrected chi connectivity index (χ4v) is 3.81. The molecule has 0 saturated carbocycles. The molecule has 7 heteroatoms. The number of aryl methyl sites for hydroxylation is 2. The van der Waals surface area contributed by atoms with Crippen molar-refractivity contribution in [3.05, 3.63) is 69.3 Å². The van der Waals surface area contributed by atoms with Gasteiger partial charge >= 0.3 is 0 Å². The summed E-state index contributed by atoms with van der Waals surface area (Å²) in [6.45, 7) is 3.68. The highest BCUT2D eigenvalue weighted by Gasteiger charge is 2.12. The van der Waals surface area contributed by atoms with Gasteiger partial charge in [-0.15, -0.1) is 11.3 Å². The van der Waals surface area contributed by atoms with Crippen molar-refractivity contribution in [1.29, 1.82) is 0 Å². The zero-order valence-electron chi connectivity index (χ0n) is 14.9. The van der Waals surface area contributed by atoms with Crippen molar-refractivity contribution in [2.24, 2.45) is 0 Å². The Morgan fingerprint density at radius 1 is 1.30 bits per heavy atom. The van der Waals surface area contributed by atoms with Crippen molar-refractivity contribution in [3.8, 4) is 0 Å². The Kier molecular flexibility index (Phi) is 4.37. The van der Waals surface area contributed by atoms with Gasteiger partial charge in [-0.1, -0.05) is 25.1 Å². The number of fused-ring (bicyclic) bond motifs is 2. The number of carbonyl (C=O) groups excluding carboxylic acids is 1. The van der Waals surface area contributed by atoms with E-state index >= 15 is 0 Å². The van der Waals surface area contributed by atoms with E-state index < -0.39 is 5.91 Å². The van der Waals surface area contributed by atoms with Crippen molar-refractivity contribution >= 4 is 44.5 Å². The van der Waals surface area contributed by atoms with Crippen molar-refractivity contribution < 1.29 is 9.21 Å². The summed E-state index contributed by atoms with van der Waals surface area (Å²) in [5.41, 5.74) is 3.97. The molecule has 3 aromatic heterocycles. The molecule has 0 fully saturated rings. The average molecular weight is 379 g/mol. The summed E-state index contributed by atoms with van der Waals surface area (Å²) in [6, 6.07) is 9.40. The molecule has 0 aliphatic carbocycles. The maximum Gasteiger partial charge on any atom is 0.281 e. The maximum absolute atomic E-state index is 12.5. The summed E-state index contributed by atoms with van der Waals surface area (Å²) in [4.78, 5) is 30.0. The molecule has 0 unspecified atom stereocenters. The van der Waals surface area contributed by atoms with Crippen LogP contribution in [-0.2, 0) is 11.2 Å². The number of aromatic nitrogens is 2. The van der Waals surface area contributed by atoms with Gasteiger partial charge in [0.2, 0.25) is 0 Å².